The van der Waals surface area contributed by atoms with Crippen molar-refractivity contribution in [3.63, 3.8) is 0 Å². The number of nitrogens with one attached hydrogen (secondary N) is 1. The number of hydrazine groups is 1. The molecule has 0 aromatic carbocycles. The number of rotatable bonds is 5. The first-order valence-corrected chi connectivity index (χ1v) is 5.72. The molecule has 0 aliphatic rings. The van der Waals surface area contributed by atoms with E-state index in [-0.39, 0.29) is 5.91 Å². The number of nitrogens with zero attached hydrogens (tertiary/aromatic N) is 2. The predicted molar refractivity (Wildman–Crippen MR) is 68.5 cm³/mol. The van der Waals surface area contributed by atoms with Crippen molar-refractivity contribution in [1.29, 1.82) is 0 Å². The molecule has 1 amide bonds. The molecule has 0 aliphatic carbocycles. The average Bonchev–Trinajstić information content (AvgIpc) is 2.35. The zero-order chi connectivity index (χ0) is 12.8. The van der Waals surface area contributed by atoms with Gasteiger partial charge < -0.3 is 10.3 Å². The number of amides is 1. The first kappa shape index (κ1) is 13.4. The lowest BCUT2D eigenvalue weighted by molar-refractivity contribution is 0.0789. The molecule has 0 radical (unpaired) electrons. The van der Waals surface area contributed by atoms with E-state index in [1.165, 1.54) is 0 Å². The second-order valence-electron chi connectivity index (χ2n) is 4.48. The van der Waals surface area contributed by atoms with Crippen LogP contribution in [0.4, 0.5) is 5.82 Å². The monoisotopic (exact) mass is 236 g/mol. The number of nitrogen functional groups attached to an aromatic ring is 1. The normalized spacial score (nSPS) is 10.4. The van der Waals surface area contributed by atoms with E-state index in [9.17, 15) is 4.79 Å². The summed E-state index contributed by atoms with van der Waals surface area (Å²) >= 11 is 0. The Morgan fingerprint density at radius 1 is 1.59 bits per heavy atom. The van der Waals surface area contributed by atoms with E-state index in [4.69, 9.17) is 5.84 Å². The van der Waals surface area contributed by atoms with Crippen molar-refractivity contribution in [3.8, 4) is 0 Å². The van der Waals surface area contributed by atoms with Crippen molar-refractivity contribution >= 4 is 11.7 Å². The van der Waals surface area contributed by atoms with Gasteiger partial charge in [0, 0.05) is 25.4 Å². The van der Waals surface area contributed by atoms with Crippen LogP contribution >= 0.6 is 0 Å². The molecular formula is C12H20N4O. The zero-order valence-electron chi connectivity index (χ0n) is 10.6. The highest BCUT2D eigenvalue weighted by atomic mass is 16.2. The summed E-state index contributed by atoms with van der Waals surface area (Å²) in [7, 11) is 1.81. The van der Waals surface area contributed by atoms with E-state index in [1.807, 2.05) is 0 Å². The maximum atomic E-state index is 12.1. The van der Waals surface area contributed by atoms with Crippen LogP contribution in [0.2, 0.25) is 0 Å². The van der Waals surface area contributed by atoms with Gasteiger partial charge in [-0.15, -0.1) is 0 Å². The van der Waals surface area contributed by atoms with E-state index in [2.05, 4.69) is 24.3 Å². The van der Waals surface area contributed by atoms with Gasteiger partial charge in [-0.1, -0.05) is 13.8 Å². The lowest BCUT2D eigenvalue weighted by Crippen LogP contribution is -2.28. The van der Waals surface area contributed by atoms with Crippen molar-refractivity contribution in [2.75, 3.05) is 19.0 Å². The van der Waals surface area contributed by atoms with E-state index in [1.54, 1.807) is 30.3 Å². The number of anilines is 1. The molecule has 0 bridgehead atoms. The van der Waals surface area contributed by atoms with Crippen molar-refractivity contribution in [2.24, 2.45) is 11.8 Å². The van der Waals surface area contributed by atoms with Gasteiger partial charge in [0.2, 0.25) is 0 Å². The molecule has 5 heteroatoms. The third kappa shape index (κ3) is 4.03. The molecule has 1 heterocycles. The minimum atomic E-state index is -0.00968. The summed E-state index contributed by atoms with van der Waals surface area (Å²) in [6, 6.07) is 3.34. The molecule has 5 nitrogen and oxygen atoms in total. The summed E-state index contributed by atoms with van der Waals surface area (Å²) in [5, 5.41) is 0. The fourth-order valence-corrected chi connectivity index (χ4v) is 1.42. The molecule has 0 spiro atoms. The van der Waals surface area contributed by atoms with Crippen LogP contribution in [0.1, 0.15) is 30.6 Å². The van der Waals surface area contributed by atoms with Crippen LogP contribution in [-0.2, 0) is 0 Å². The largest absolute Gasteiger partial charge is 0.342 e. The van der Waals surface area contributed by atoms with Crippen LogP contribution in [-0.4, -0.2) is 29.4 Å². The van der Waals surface area contributed by atoms with Crippen molar-refractivity contribution in [3.05, 3.63) is 23.9 Å². The molecule has 1 aromatic rings. The van der Waals surface area contributed by atoms with Crippen LogP contribution in [0.15, 0.2) is 18.3 Å². The molecule has 0 saturated carbocycles. The van der Waals surface area contributed by atoms with Gasteiger partial charge in [0.05, 0.1) is 0 Å². The van der Waals surface area contributed by atoms with Gasteiger partial charge in [-0.2, -0.15) is 0 Å². The molecule has 0 saturated heterocycles. The van der Waals surface area contributed by atoms with Crippen LogP contribution in [0.3, 0.4) is 0 Å². The number of carbonyl (C=O) groups is 1. The van der Waals surface area contributed by atoms with Gasteiger partial charge in [0.15, 0.2) is 0 Å². The molecular weight excluding hydrogens is 216 g/mol. The smallest absolute Gasteiger partial charge is 0.253 e. The van der Waals surface area contributed by atoms with Gasteiger partial charge >= 0.3 is 0 Å². The van der Waals surface area contributed by atoms with Crippen molar-refractivity contribution in [1.82, 2.24) is 9.88 Å². The summed E-state index contributed by atoms with van der Waals surface area (Å²) in [6.07, 6.45) is 2.56. The molecule has 0 fully saturated rings. The second kappa shape index (κ2) is 6.20. The number of carbonyl (C=O) groups excluding carboxylic acids is 1. The van der Waals surface area contributed by atoms with Crippen molar-refractivity contribution in [2.45, 2.75) is 20.3 Å². The maximum Gasteiger partial charge on any atom is 0.253 e. The first-order valence-electron chi connectivity index (χ1n) is 5.72. The van der Waals surface area contributed by atoms with Gasteiger partial charge in [-0.05, 0) is 24.5 Å². The highest BCUT2D eigenvalue weighted by Gasteiger charge is 2.12. The summed E-state index contributed by atoms with van der Waals surface area (Å²) < 4.78 is 0. The van der Waals surface area contributed by atoms with Gasteiger partial charge in [0.1, 0.15) is 5.82 Å². The van der Waals surface area contributed by atoms with Gasteiger partial charge in [-0.3, -0.25) is 4.79 Å². The summed E-state index contributed by atoms with van der Waals surface area (Å²) in [5.41, 5.74) is 3.03. The highest BCUT2D eigenvalue weighted by molar-refractivity contribution is 5.94. The second-order valence-corrected chi connectivity index (χ2v) is 4.48. The lowest BCUT2D eigenvalue weighted by Gasteiger charge is -2.18. The zero-order valence-corrected chi connectivity index (χ0v) is 10.6. The number of hydrogen-bond acceptors (Lipinski definition) is 4. The Morgan fingerprint density at radius 3 is 2.88 bits per heavy atom. The molecule has 3 N–H and O–H groups in total. The van der Waals surface area contributed by atoms with E-state index in [0.29, 0.717) is 17.3 Å². The summed E-state index contributed by atoms with van der Waals surface area (Å²) in [6.45, 7) is 5.03. The number of aromatic nitrogens is 1. The number of nitrogens with two attached hydrogens (primary N) is 1. The Balaban J connectivity index is 2.67. The molecule has 1 rings (SSSR count). The highest BCUT2D eigenvalue weighted by Crippen LogP contribution is 2.09. The third-order valence-electron chi connectivity index (χ3n) is 2.54. The number of pyridine rings is 1. The van der Waals surface area contributed by atoms with Gasteiger partial charge in [0.25, 0.3) is 5.91 Å². The summed E-state index contributed by atoms with van der Waals surface area (Å²) in [4.78, 5) is 17.7. The molecule has 0 atom stereocenters. The Hall–Kier alpha value is -1.62. The fraction of sp³-hybridized carbons (Fsp3) is 0.500. The maximum absolute atomic E-state index is 12.1. The van der Waals surface area contributed by atoms with E-state index in [0.717, 1.165) is 13.0 Å². The molecule has 1 aromatic heterocycles. The molecule has 0 aliphatic heterocycles. The summed E-state index contributed by atoms with van der Waals surface area (Å²) in [5.74, 6) is 6.33. The van der Waals surface area contributed by atoms with E-state index < -0.39 is 0 Å². The van der Waals surface area contributed by atoms with Gasteiger partial charge in [-0.25, -0.2) is 10.8 Å². The first-order chi connectivity index (χ1) is 8.04. The number of hydrogen-bond donors (Lipinski definition) is 2. The Labute approximate surface area is 102 Å². The standard InChI is InChI=1S/C12H20N4O/c1-9(2)5-7-16(3)12(17)10-4-6-14-11(8-10)15-13/h4,6,8-9H,5,7,13H2,1-3H3,(H,14,15). The minimum absolute atomic E-state index is 0.00968. The fourth-order valence-electron chi connectivity index (χ4n) is 1.42. The minimum Gasteiger partial charge on any atom is -0.342 e. The molecule has 0 unspecified atom stereocenters. The van der Waals surface area contributed by atoms with Crippen LogP contribution in [0.5, 0.6) is 0 Å². The Bertz CT molecular complexity index is 379. The SMILES string of the molecule is CC(C)CCN(C)C(=O)c1ccnc(NN)c1. The van der Waals surface area contributed by atoms with Crippen molar-refractivity contribution < 1.29 is 4.79 Å². The Morgan fingerprint density at radius 2 is 2.29 bits per heavy atom. The molecule has 94 valence electrons. The lowest BCUT2D eigenvalue weighted by atomic mass is 10.1. The quantitative estimate of drug-likeness (QED) is 0.600. The predicted octanol–water partition coefficient (Wildman–Crippen LogP) is 1.49. The topological polar surface area (TPSA) is 71.2 Å². The average molecular weight is 236 g/mol. The van der Waals surface area contributed by atoms with E-state index >= 15 is 0 Å². The molecule has 17 heavy (non-hydrogen) atoms. The van der Waals surface area contributed by atoms with Crippen LogP contribution in [0.25, 0.3) is 0 Å². The third-order valence-corrected chi connectivity index (χ3v) is 2.54. The Kier molecular flexibility index (Phi) is 4.90. The van der Waals surface area contributed by atoms with Crippen LogP contribution < -0.4 is 11.3 Å². The van der Waals surface area contributed by atoms with Crippen LogP contribution in [0, 0.1) is 5.92 Å².